The Kier molecular flexibility index (Phi) is 2.15. The highest BCUT2D eigenvalue weighted by Crippen LogP contribution is 2.20. The first-order valence-corrected chi connectivity index (χ1v) is 4.93. The van der Waals surface area contributed by atoms with Crippen LogP contribution in [-0.4, -0.2) is 11.7 Å². The number of carbonyl (C=O) groups is 1. The van der Waals surface area contributed by atoms with E-state index in [1.807, 2.05) is 0 Å². The fourth-order valence-electron chi connectivity index (χ4n) is 1.52. The Labute approximate surface area is 96.0 Å². The molecule has 0 fully saturated rings. The SMILES string of the molecule is O=C1ON=C(c2ccco2)C1=Cc1ccco1. The minimum absolute atomic E-state index is 0.315. The van der Waals surface area contributed by atoms with Crippen LogP contribution in [0.3, 0.4) is 0 Å². The molecule has 0 atom stereocenters. The average Bonchev–Trinajstić information content (AvgIpc) is 3.03. The Hall–Kier alpha value is -2.56. The van der Waals surface area contributed by atoms with Crippen molar-refractivity contribution in [1.29, 1.82) is 0 Å². The molecule has 0 unspecified atom stereocenters. The zero-order chi connectivity index (χ0) is 11.7. The highest BCUT2D eigenvalue weighted by atomic mass is 16.7. The normalized spacial score (nSPS) is 17.3. The van der Waals surface area contributed by atoms with E-state index >= 15 is 0 Å². The van der Waals surface area contributed by atoms with Gasteiger partial charge in [0.05, 0.1) is 18.1 Å². The predicted molar refractivity (Wildman–Crippen MR) is 58.0 cm³/mol. The van der Waals surface area contributed by atoms with Crippen LogP contribution in [0.25, 0.3) is 6.08 Å². The molecule has 0 bridgehead atoms. The van der Waals surface area contributed by atoms with E-state index in [2.05, 4.69) is 9.99 Å². The summed E-state index contributed by atoms with van der Waals surface area (Å²) in [5, 5.41) is 3.68. The van der Waals surface area contributed by atoms with E-state index in [4.69, 9.17) is 8.83 Å². The van der Waals surface area contributed by atoms with Gasteiger partial charge >= 0.3 is 5.97 Å². The summed E-state index contributed by atoms with van der Waals surface area (Å²) < 4.78 is 10.3. The van der Waals surface area contributed by atoms with Crippen LogP contribution in [-0.2, 0) is 9.63 Å². The molecule has 0 aromatic carbocycles. The van der Waals surface area contributed by atoms with E-state index in [0.717, 1.165) is 0 Å². The third kappa shape index (κ3) is 1.67. The van der Waals surface area contributed by atoms with Gasteiger partial charge in [0.1, 0.15) is 5.76 Å². The van der Waals surface area contributed by atoms with Crippen molar-refractivity contribution in [1.82, 2.24) is 0 Å². The molecule has 1 aliphatic rings. The van der Waals surface area contributed by atoms with Gasteiger partial charge < -0.3 is 13.7 Å². The lowest BCUT2D eigenvalue weighted by atomic mass is 10.1. The summed E-state index contributed by atoms with van der Waals surface area (Å²) in [5.74, 6) is 0.513. The highest BCUT2D eigenvalue weighted by molar-refractivity contribution is 6.30. The van der Waals surface area contributed by atoms with E-state index in [1.54, 1.807) is 30.3 Å². The lowest BCUT2D eigenvalue weighted by Gasteiger charge is -1.94. The fourth-order valence-corrected chi connectivity index (χ4v) is 1.52. The number of rotatable bonds is 2. The van der Waals surface area contributed by atoms with Crippen LogP contribution in [0.5, 0.6) is 0 Å². The van der Waals surface area contributed by atoms with Crippen LogP contribution in [0, 0.1) is 0 Å². The molecule has 0 spiro atoms. The standard InChI is InChI=1S/C12H7NO4/c14-12-9(7-8-3-1-5-15-8)11(13-17-12)10-4-2-6-16-10/h1-7H. The van der Waals surface area contributed by atoms with Crippen LogP contribution >= 0.6 is 0 Å². The predicted octanol–water partition coefficient (Wildman–Crippen LogP) is 2.22. The summed E-state index contributed by atoms with van der Waals surface area (Å²) in [6, 6.07) is 6.89. The van der Waals surface area contributed by atoms with Crippen molar-refractivity contribution in [2.75, 3.05) is 0 Å². The van der Waals surface area contributed by atoms with Gasteiger partial charge in [-0.25, -0.2) is 4.79 Å². The summed E-state index contributed by atoms with van der Waals surface area (Å²) in [7, 11) is 0. The zero-order valence-corrected chi connectivity index (χ0v) is 8.62. The number of hydrogen-bond donors (Lipinski definition) is 0. The number of hydrogen-bond acceptors (Lipinski definition) is 5. The summed E-state index contributed by atoms with van der Waals surface area (Å²) >= 11 is 0. The van der Waals surface area contributed by atoms with E-state index in [0.29, 0.717) is 22.8 Å². The molecule has 0 aliphatic carbocycles. The van der Waals surface area contributed by atoms with Gasteiger partial charge in [-0.1, -0.05) is 5.16 Å². The second-order valence-corrected chi connectivity index (χ2v) is 3.37. The monoisotopic (exact) mass is 229 g/mol. The van der Waals surface area contributed by atoms with E-state index in [9.17, 15) is 4.79 Å². The molecule has 84 valence electrons. The van der Waals surface area contributed by atoms with Gasteiger partial charge in [-0.3, -0.25) is 0 Å². The number of carbonyl (C=O) groups excluding carboxylic acids is 1. The van der Waals surface area contributed by atoms with Gasteiger partial charge in [-0.15, -0.1) is 0 Å². The molecule has 3 rings (SSSR count). The first-order valence-electron chi connectivity index (χ1n) is 4.93. The molecule has 5 nitrogen and oxygen atoms in total. The first-order chi connectivity index (χ1) is 8.34. The quantitative estimate of drug-likeness (QED) is 0.585. The Morgan fingerprint density at radius 1 is 1.12 bits per heavy atom. The van der Waals surface area contributed by atoms with E-state index in [1.165, 1.54) is 12.5 Å². The van der Waals surface area contributed by atoms with Crippen molar-refractivity contribution >= 4 is 17.8 Å². The number of nitrogens with zero attached hydrogens (tertiary/aromatic N) is 1. The van der Waals surface area contributed by atoms with Crippen LogP contribution < -0.4 is 0 Å². The Morgan fingerprint density at radius 2 is 1.94 bits per heavy atom. The smallest absolute Gasteiger partial charge is 0.368 e. The summed E-state index contributed by atoms with van der Waals surface area (Å²) in [6.45, 7) is 0. The van der Waals surface area contributed by atoms with Crippen molar-refractivity contribution in [3.8, 4) is 0 Å². The largest absolute Gasteiger partial charge is 0.465 e. The third-order valence-corrected chi connectivity index (χ3v) is 2.28. The van der Waals surface area contributed by atoms with Crippen molar-refractivity contribution in [2.45, 2.75) is 0 Å². The van der Waals surface area contributed by atoms with Gasteiger partial charge in [0.15, 0.2) is 11.5 Å². The van der Waals surface area contributed by atoms with Gasteiger partial charge in [0, 0.05) is 0 Å². The van der Waals surface area contributed by atoms with Crippen LogP contribution in [0.15, 0.2) is 56.4 Å². The van der Waals surface area contributed by atoms with Crippen molar-refractivity contribution in [2.24, 2.45) is 5.16 Å². The second kappa shape index (κ2) is 3.79. The van der Waals surface area contributed by atoms with Gasteiger partial charge in [0.25, 0.3) is 0 Å². The molecule has 2 aromatic heterocycles. The minimum Gasteiger partial charge on any atom is -0.465 e. The molecule has 0 N–H and O–H groups in total. The first kappa shape index (κ1) is 9.65. The van der Waals surface area contributed by atoms with Gasteiger partial charge in [0.2, 0.25) is 0 Å². The van der Waals surface area contributed by atoms with Gasteiger partial charge in [-0.2, -0.15) is 0 Å². The molecular formula is C12H7NO4. The molecule has 17 heavy (non-hydrogen) atoms. The van der Waals surface area contributed by atoms with E-state index in [-0.39, 0.29) is 0 Å². The summed E-state index contributed by atoms with van der Waals surface area (Å²) in [4.78, 5) is 16.1. The summed E-state index contributed by atoms with van der Waals surface area (Å²) in [6.07, 6.45) is 4.60. The fraction of sp³-hybridized carbons (Fsp3) is 0. The maximum atomic E-state index is 11.5. The molecular weight excluding hydrogens is 222 g/mol. The number of oxime groups is 1. The third-order valence-electron chi connectivity index (χ3n) is 2.28. The highest BCUT2D eigenvalue weighted by Gasteiger charge is 2.28. The number of furan rings is 2. The molecule has 0 saturated heterocycles. The van der Waals surface area contributed by atoms with Crippen molar-refractivity contribution in [3.05, 3.63) is 53.9 Å². The molecule has 0 amide bonds. The Morgan fingerprint density at radius 3 is 2.65 bits per heavy atom. The zero-order valence-electron chi connectivity index (χ0n) is 8.62. The molecule has 0 saturated carbocycles. The maximum absolute atomic E-state index is 11.5. The molecule has 3 heterocycles. The minimum atomic E-state index is -0.521. The average molecular weight is 229 g/mol. The topological polar surface area (TPSA) is 64.9 Å². The maximum Gasteiger partial charge on any atom is 0.368 e. The molecule has 2 aromatic rings. The molecule has 5 heteroatoms. The van der Waals surface area contributed by atoms with Crippen molar-refractivity contribution in [3.63, 3.8) is 0 Å². The van der Waals surface area contributed by atoms with E-state index < -0.39 is 5.97 Å². The van der Waals surface area contributed by atoms with Crippen LogP contribution in [0.4, 0.5) is 0 Å². The lowest BCUT2D eigenvalue weighted by Crippen LogP contribution is -2.05. The lowest BCUT2D eigenvalue weighted by molar-refractivity contribution is -0.136. The van der Waals surface area contributed by atoms with Crippen molar-refractivity contribution < 1.29 is 18.5 Å². The molecule has 0 radical (unpaired) electrons. The molecule has 1 aliphatic heterocycles. The van der Waals surface area contributed by atoms with Crippen LogP contribution in [0.2, 0.25) is 0 Å². The van der Waals surface area contributed by atoms with Gasteiger partial charge in [-0.05, 0) is 30.3 Å². The summed E-state index contributed by atoms with van der Waals surface area (Å²) in [5.41, 5.74) is 0.686. The Bertz CT molecular complexity index is 591. The second-order valence-electron chi connectivity index (χ2n) is 3.37. The van der Waals surface area contributed by atoms with Crippen LogP contribution in [0.1, 0.15) is 11.5 Å². The Balaban J connectivity index is 2.03.